The third-order valence-corrected chi connectivity index (χ3v) is 5.65. The van der Waals surface area contributed by atoms with E-state index in [2.05, 4.69) is 32.6 Å². The Bertz CT molecular complexity index is 464. The predicted octanol–water partition coefficient (Wildman–Crippen LogP) is 2.52. The van der Waals surface area contributed by atoms with E-state index in [4.69, 9.17) is 9.47 Å². The maximum atomic E-state index is 12.6. The quantitative estimate of drug-likeness (QED) is 0.557. The maximum absolute atomic E-state index is 12.6. The number of carbonyl (C=O) groups excluding carboxylic acids is 2. The topological polar surface area (TPSA) is 76.1 Å². The van der Waals surface area contributed by atoms with Crippen molar-refractivity contribution < 1.29 is 24.2 Å². The van der Waals surface area contributed by atoms with Gasteiger partial charge in [0.15, 0.2) is 5.41 Å². The molecule has 1 fully saturated rings. The molecule has 1 saturated heterocycles. The number of nitrogens with zero attached hydrogens (tertiary/aromatic N) is 1. The van der Waals surface area contributed by atoms with Gasteiger partial charge in [0.2, 0.25) is 0 Å². The number of carbonyl (C=O) groups is 2. The highest BCUT2D eigenvalue weighted by molar-refractivity contribution is 5.99. The van der Waals surface area contributed by atoms with Crippen molar-refractivity contribution in [3.63, 3.8) is 0 Å². The van der Waals surface area contributed by atoms with E-state index in [1.165, 1.54) is 7.11 Å². The van der Waals surface area contributed by atoms with Gasteiger partial charge in [-0.3, -0.25) is 14.5 Å². The number of hydrogen-bond acceptors (Lipinski definition) is 6. The second-order valence-electron chi connectivity index (χ2n) is 8.26. The first-order chi connectivity index (χ1) is 11.5. The molecule has 1 aliphatic heterocycles. The van der Waals surface area contributed by atoms with Crippen LogP contribution in [0, 0.1) is 5.41 Å². The lowest BCUT2D eigenvalue weighted by atomic mass is 9.78. The fraction of sp³-hybridized carbons (Fsp3) is 0.895. The molecule has 1 heterocycles. The molecular weight excluding hydrogens is 322 g/mol. The van der Waals surface area contributed by atoms with E-state index in [-0.39, 0.29) is 23.8 Å². The molecule has 0 atom stereocenters. The van der Waals surface area contributed by atoms with Crippen molar-refractivity contribution in [1.82, 2.24) is 4.90 Å². The van der Waals surface area contributed by atoms with E-state index in [1.54, 1.807) is 13.8 Å². The molecule has 0 bridgehead atoms. The smallest absolute Gasteiger partial charge is 0.323 e. The number of esters is 2. The van der Waals surface area contributed by atoms with Crippen LogP contribution < -0.4 is 0 Å². The summed E-state index contributed by atoms with van der Waals surface area (Å²) in [5, 5.41) is 10.1. The average molecular weight is 357 g/mol. The molecule has 0 saturated carbocycles. The molecule has 0 spiro atoms. The molecule has 6 nitrogen and oxygen atoms in total. The van der Waals surface area contributed by atoms with Crippen molar-refractivity contribution in [3.05, 3.63) is 0 Å². The first-order valence-electron chi connectivity index (χ1n) is 9.18. The molecule has 0 unspecified atom stereocenters. The monoisotopic (exact) mass is 357 g/mol. The van der Waals surface area contributed by atoms with Gasteiger partial charge in [-0.05, 0) is 53.4 Å². The van der Waals surface area contributed by atoms with Gasteiger partial charge in [0, 0.05) is 17.6 Å². The van der Waals surface area contributed by atoms with Gasteiger partial charge in [0.05, 0.1) is 13.2 Å². The SMILES string of the molecule is CCC(CC)(C(=O)OC)C(=O)OCCN1C(C)(C)CC(O)CC1(C)C. The Labute approximate surface area is 151 Å². The fourth-order valence-electron chi connectivity index (χ4n) is 4.34. The number of hydrogen-bond donors (Lipinski definition) is 1. The number of piperidine rings is 1. The summed E-state index contributed by atoms with van der Waals surface area (Å²) in [6.45, 7) is 12.7. The van der Waals surface area contributed by atoms with Crippen LogP contribution in [0.25, 0.3) is 0 Å². The molecule has 0 radical (unpaired) electrons. The van der Waals surface area contributed by atoms with Crippen molar-refractivity contribution in [2.45, 2.75) is 84.4 Å². The molecule has 25 heavy (non-hydrogen) atoms. The van der Waals surface area contributed by atoms with Gasteiger partial charge in [-0.1, -0.05) is 13.8 Å². The van der Waals surface area contributed by atoms with Crippen molar-refractivity contribution in [2.75, 3.05) is 20.3 Å². The van der Waals surface area contributed by atoms with Crippen molar-refractivity contribution in [2.24, 2.45) is 5.41 Å². The molecule has 1 N–H and O–H groups in total. The minimum absolute atomic E-state index is 0.192. The van der Waals surface area contributed by atoms with Gasteiger partial charge < -0.3 is 14.6 Å². The second kappa shape index (κ2) is 8.04. The van der Waals surface area contributed by atoms with Gasteiger partial charge in [-0.25, -0.2) is 0 Å². The number of aliphatic hydroxyl groups is 1. The zero-order chi connectivity index (χ0) is 19.5. The van der Waals surface area contributed by atoms with Gasteiger partial charge in [0.1, 0.15) is 6.61 Å². The fourth-order valence-corrected chi connectivity index (χ4v) is 4.34. The van der Waals surface area contributed by atoms with Gasteiger partial charge >= 0.3 is 11.9 Å². The van der Waals surface area contributed by atoms with Gasteiger partial charge in [-0.15, -0.1) is 0 Å². The highest BCUT2D eigenvalue weighted by atomic mass is 16.6. The molecule has 1 aliphatic rings. The Kier molecular flexibility index (Phi) is 7.04. The van der Waals surface area contributed by atoms with Crippen LogP contribution in [0.4, 0.5) is 0 Å². The second-order valence-corrected chi connectivity index (χ2v) is 8.26. The summed E-state index contributed by atoms with van der Waals surface area (Å²) in [6, 6.07) is 0. The molecule has 146 valence electrons. The summed E-state index contributed by atoms with van der Waals surface area (Å²) in [5.41, 5.74) is -1.61. The normalized spacial score (nSPS) is 21.0. The van der Waals surface area contributed by atoms with E-state index < -0.39 is 17.4 Å². The van der Waals surface area contributed by atoms with Crippen LogP contribution in [0.15, 0.2) is 0 Å². The molecule has 1 rings (SSSR count). The third kappa shape index (κ3) is 4.53. The van der Waals surface area contributed by atoms with Crippen LogP contribution >= 0.6 is 0 Å². The molecule has 6 heteroatoms. The molecule has 0 aliphatic carbocycles. The third-order valence-electron chi connectivity index (χ3n) is 5.65. The van der Waals surface area contributed by atoms with Crippen molar-refractivity contribution in [1.29, 1.82) is 0 Å². The minimum Gasteiger partial charge on any atom is -0.468 e. The highest BCUT2D eigenvalue weighted by Gasteiger charge is 2.47. The van der Waals surface area contributed by atoms with Crippen LogP contribution in [0.5, 0.6) is 0 Å². The average Bonchev–Trinajstić information content (AvgIpc) is 2.49. The minimum atomic E-state index is -1.22. The molecule has 0 aromatic carbocycles. The van der Waals surface area contributed by atoms with Crippen LogP contribution in [0.3, 0.4) is 0 Å². The number of likely N-dealkylation sites (tertiary alicyclic amines) is 1. The summed E-state index contributed by atoms with van der Waals surface area (Å²) in [5.74, 6) is -1.05. The first-order valence-corrected chi connectivity index (χ1v) is 9.18. The Hall–Kier alpha value is -1.14. The standard InChI is InChI=1S/C19H35NO5/c1-8-19(9-2,15(22)24-7)16(23)25-11-10-20-17(3,4)12-14(21)13-18(20,5)6/h14,21H,8-13H2,1-7H3. The highest BCUT2D eigenvalue weighted by Crippen LogP contribution is 2.38. The number of aliphatic hydroxyl groups excluding tert-OH is 1. The summed E-state index contributed by atoms with van der Waals surface area (Å²) in [6.07, 6.45) is 1.74. The van der Waals surface area contributed by atoms with Crippen LogP contribution in [0.1, 0.15) is 67.2 Å². The predicted molar refractivity (Wildman–Crippen MR) is 96.1 cm³/mol. The van der Waals surface area contributed by atoms with Crippen LogP contribution in [-0.4, -0.2) is 59.4 Å². The van der Waals surface area contributed by atoms with E-state index >= 15 is 0 Å². The van der Waals surface area contributed by atoms with Crippen LogP contribution in [0.2, 0.25) is 0 Å². The lowest BCUT2D eigenvalue weighted by Gasteiger charge is -2.54. The molecular formula is C19H35NO5. The van der Waals surface area contributed by atoms with E-state index in [9.17, 15) is 14.7 Å². The Balaban J connectivity index is 2.78. The largest absolute Gasteiger partial charge is 0.468 e. The van der Waals surface area contributed by atoms with Crippen molar-refractivity contribution in [3.8, 4) is 0 Å². The van der Waals surface area contributed by atoms with E-state index in [1.807, 2.05) is 0 Å². The Morgan fingerprint density at radius 1 is 1.08 bits per heavy atom. The Morgan fingerprint density at radius 3 is 1.96 bits per heavy atom. The summed E-state index contributed by atoms with van der Waals surface area (Å²) in [7, 11) is 1.29. The van der Waals surface area contributed by atoms with E-state index in [0.29, 0.717) is 32.2 Å². The number of ether oxygens (including phenoxy) is 2. The van der Waals surface area contributed by atoms with E-state index in [0.717, 1.165) is 0 Å². The van der Waals surface area contributed by atoms with Gasteiger partial charge in [-0.2, -0.15) is 0 Å². The van der Waals surface area contributed by atoms with Crippen LogP contribution in [-0.2, 0) is 19.1 Å². The number of methoxy groups -OCH3 is 1. The zero-order valence-electron chi connectivity index (χ0n) is 16.8. The first kappa shape index (κ1) is 21.9. The molecule has 0 aromatic rings. The maximum Gasteiger partial charge on any atom is 0.323 e. The zero-order valence-corrected chi connectivity index (χ0v) is 16.8. The summed E-state index contributed by atoms with van der Waals surface area (Å²) in [4.78, 5) is 26.9. The summed E-state index contributed by atoms with van der Waals surface area (Å²) >= 11 is 0. The lowest BCUT2D eigenvalue weighted by Crippen LogP contribution is -2.62. The number of rotatable bonds is 7. The molecule has 0 amide bonds. The summed E-state index contributed by atoms with van der Waals surface area (Å²) < 4.78 is 10.3. The molecule has 0 aromatic heterocycles. The van der Waals surface area contributed by atoms with Crippen molar-refractivity contribution >= 4 is 11.9 Å². The van der Waals surface area contributed by atoms with Gasteiger partial charge in [0.25, 0.3) is 0 Å². The lowest BCUT2D eigenvalue weighted by molar-refractivity contribution is -0.173. The Morgan fingerprint density at radius 2 is 1.56 bits per heavy atom.